The number of carbonyl (C=O) groups excluding carboxylic acids is 1. The minimum Gasteiger partial charge on any atom is -0.478 e. The van der Waals surface area contributed by atoms with Crippen molar-refractivity contribution in [2.24, 2.45) is 0 Å². The summed E-state index contributed by atoms with van der Waals surface area (Å²) in [6, 6.07) is 15.8. The third-order valence-corrected chi connectivity index (χ3v) is 3.53. The van der Waals surface area contributed by atoms with Crippen LogP contribution in [0.2, 0.25) is 0 Å². The topological polar surface area (TPSA) is 38.8 Å². The van der Waals surface area contributed by atoms with E-state index in [4.69, 9.17) is 9.47 Å². The molecule has 0 atom stereocenters. The van der Waals surface area contributed by atoms with E-state index < -0.39 is 0 Å². The molecule has 108 valence electrons. The summed E-state index contributed by atoms with van der Waals surface area (Å²) in [5.41, 5.74) is 2.87. The molecule has 1 heterocycles. The molecular formula is C17H17NO3. The number of ether oxygens (including phenoxy) is 2. The Bertz CT molecular complexity index is 640. The second-order valence-electron chi connectivity index (χ2n) is 5.06. The highest BCUT2D eigenvalue weighted by Gasteiger charge is 2.19. The molecule has 0 aromatic heterocycles. The van der Waals surface area contributed by atoms with E-state index in [9.17, 15) is 4.79 Å². The molecule has 0 bridgehead atoms. The van der Waals surface area contributed by atoms with Crippen LogP contribution in [-0.2, 0) is 17.8 Å². The van der Waals surface area contributed by atoms with E-state index in [1.54, 1.807) is 12.1 Å². The van der Waals surface area contributed by atoms with Crippen molar-refractivity contribution in [3.63, 3.8) is 0 Å². The molecule has 0 aliphatic carbocycles. The number of esters is 1. The molecule has 0 unspecified atom stereocenters. The molecule has 4 heteroatoms. The standard InChI is InChI=1S/C17H17NO3/c1-20-17(19)14-7-8-15-11-18(12-21-16(15)9-14)10-13-5-3-2-4-6-13/h2-9H,10-12H2,1H3. The fourth-order valence-corrected chi connectivity index (χ4v) is 2.45. The van der Waals surface area contributed by atoms with Crippen LogP contribution < -0.4 is 4.74 Å². The minimum absolute atomic E-state index is 0.340. The van der Waals surface area contributed by atoms with Gasteiger partial charge in [0, 0.05) is 18.7 Å². The van der Waals surface area contributed by atoms with E-state index in [0.29, 0.717) is 12.3 Å². The van der Waals surface area contributed by atoms with Crippen molar-refractivity contribution < 1.29 is 14.3 Å². The Morgan fingerprint density at radius 2 is 2.05 bits per heavy atom. The Kier molecular flexibility index (Phi) is 3.88. The van der Waals surface area contributed by atoms with Gasteiger partial charge in [-0.1, -0.05) is 36.4 Å². The van der Waals surface area contributed by atoms with Crippen LogP contribution in [0.4, 0.5) is 0 Å². The molecule has 2 aromatic carbocycles. The molecule has 21 heavy (non-hydrogen) atoms. The van der Waals surface area contributed by atoms with Gasteiger partial charge >= 0.3 is 5.97 Å². The van der Waals surface area contributed by atoms with Crippen molar-refractivity contribution in [1.29, 1.82) is 0 Å². The second kappa shape index (κ2) is 5.97. The molecular weight excluding hydrogens is 266 g/mol. The van der Waals surface area contributed by atoms with Crippen LogP contribution in [-0.4, -0.2) is 24.7 Å². The number of carbonyl (C=O) groups is 1. The van der Waals surface area contributed by atoms with Gasteiger partial charge in [-0.3, -0.25) is 4.90 Å². The lowest BCUT2D eigenvalue weighted by atomic mass is 10.1. The van der Waals surface area contributed by atoms with Crippen molar-refractivity contribution in [3.8, 4) is 5.75 Å². The Balaban J connectivity index is 1.73. The number of hydrogen-bond acceptors (Lipinski definition) is 4. The molecule has 0 amide bonds. The maximum atomic E-state index is 11.5. The van der Waals surface area contributed by atoms with Crippen LogP contribution in [0.15, 0.2) is 48.5 Å². The summed E-state index contributed by atoms with van der Waals surface area (Å²) in [4.78, 5) is 13.7. The van der Waals surface area contributed by atoms with Gasteiger partial charge in [0.05, 0.1) is 12.7 Å². The van der Waals surface area contributed by atoms with E-state index in [1.165, 1.54) is 12.7 Å². The Hall–Kier alpha value is -2.33. The van der Waals surface area contributed by atoms with Crippen molar-refractivity contribution in [2.45, 2.75) is 13.1 Å². The maximum Gasteiger partial charge on any atom is 0.337 e. The zero-order chi connectivity index (χ0) is 14.7. The zero-order valence-electron chi connectivity index (χ0n) is 11.9. The lowest BCUT2D eigenvalue weighted by Gasteiger charge is -2.29. The quantitative estimate of drug-likeness (QED) is 0.812. The summed E-state index contributed by atoms with van der Waals surface area (Å²) < 4.78 is 10.5. The summed E-state index contributed by atoms with van der Waals surface area (Å²) in [5.74, 6) is 0.426. The first kappa shape index (κ1) is 13.6. The number of hydrogen-bond donors (Lipinski definition) is 0. The van der Waals surface area contributed by atoms with Gasteiger partial charge in [0.25, 0.3) is 0 Å². The summed E-state index contributed by atoms with van der Waals surface area (Å²) in [5, 5.41) is 0. The number of nitrogens with zero attached hydrogens (tertiary/aromatic N) is 1. The van der Waals surface area contributed by atoms with Gasteiger partial charge in [-0.05, 0) is 17.7 Å². The van der Waals surface area contributed by atoms with Gasteiger partial charge in [-0.25, -0.2) is 4.79 Å². The first-order valence-corrected chi connectivity index (χ1v) is 6.86. The van der Waals surface area contributed by atoms with Gasteiger partial charge < -0.3 is 9.47 Å². The highest BCUT2D eigenvalue weighted by Crippen LogP contribution is 2.27. The van der Waals surface area contributed by atoms with Crippen LogP contribution in [0.5, 0.6) is 5.75 Å². The van der Waals surface area contributed by atoms with Crippen molar-refractivity contribution in [1.82, 2.24) is 4.90 Å². The van der Waals surface area contributed by atoms with Crippen molar-refractivity contribution in [3.05, 3.63) is 65.2 Å². The third kappa shape index (κ3) is 3.06. The molecule has 2 aromatic rings. The smallest absolute Gasteiger partial charge is 0.337 e. The number of benzene rings is 2. The fraction of sp³-hybridized carbons (Fsp3) is 0.235. The first-order chi connectivity index (χ1) is 10.3. The first-order valence-electron chi connectivity index (χ1n) is 6.86. The second-order valence-corrected chi connectivity index (χ2v) is 5.06. The third-order valence-electron chi connectivity index (χ3n) is 3.53. The van der Waals surface area contributed by atoms with E-state index in [0.717, 1.165) is 24.4 Å². The number of methoxy groups -OCH3 is 1. The van der Waals surface area contributed by atoms with Crippen LogP contribution in [0.3, 0.4) is 0 Å². The Labute approximate surface area is 123 Å². The van der Waals surface area contributed by atoms with Crippen molar-refractivity contribution >= 4 is 5.97 Å². The molecule has 4 nitrogen and oxygen atoms in total. The van der Waals surface area contributed by atoms with Gasteiger partial charge in [-0.2, -0.15) is 0 Å². The molecule has 0 fully saturated rings. The predicted octanol–water partition coefficient (Wildman–Crippen LogP) is 2.83. The molecule has 0 spiro atoms. The Morgan fingerprint density at radius 3 is 2.81 bits per heavy atom. The van der Waals surface area contributed by atoms with Gasteiger partial charge in [-0.15, -0.1) is 0 Å². The summed E-state index contributed by atoms with van der Waals surface area (Å²) in [6.45, 7) is 2.18. The van der Waals surface area contributed by atoms with Crippen molar-refractivity contribution in [2.75, 3.05) is 13.8 Å². The normalized spacial score (nSPS) is 14.1. The van der Waals surface area contributed by atoms with Gasteiger partial charge in [0.2, 0.25) is 0 Å². The van der Waals surface area contributed by atoms with E-state index >= 15 is 0 Å². The minimum atomic E-state index is -0.340. The molecule has 0 saturated carbocycles. The number of rotatable bonds is 3. The highest BCUT2D eigenvalue weighted by molar-refractivity contribution is 5.89. The molecule has 0 N–H and O–H groups in total. The largest absolute Gasteiger partial charge is 0.478 e. The Morgan fingerprint density at radius 1 is 1.24 bits per heavy atom. The molecule has 3 rings (SSSR count). The van der Waals surface area contributed by atoms with E-state index in [-0.39, 0.29) is 5.97 Å². The molecule has 1 aliphatic rings. The highest BCUT2D eigenvalue weighted by atomic mass is 16.5. The van der Waals surface area contributed by atoms with E-state index in [2.05, 4.69) is 17.0 Å². The van der Waals surface area contributed by atoms with Crippen LogP contribution in [0, 0.1) is 0 Å². The SMILES string of the molecule is COC(=O)c1ccc2c(c1)OCN(Cc1ccccc1)C2. The van der Waals surface area contributed by atoms with Crippen LogP contribution in [0.25, 0.3) is 0 Å². The average Bonchev–Trinajstić information content (AvgIpc) is 2.54. The molecule has 1 aliphatic heterocycles. The summed E-state index contributed by atoms with van der Waals surface area (Å²) in [7, 11) is 1.38. The monoisotopic (exact) mass is 283 g/mol. The lowest BCUT2D eigenvalue weighted by molar-refractivity contribution is 0.0597. The molecule has 0 radical (unpaired) electrons. The fourth-order valence-electron chi connectivity index (χ4n) is 2.45. The summed E-state index contributed by atoms with van der Waals surface area (Å²) >= 11 is 0. The number of fused-ring (bicyclic) bond motifs is 1. The lowest BCUT2D eigenvalue weighted by Crippen LogP contribution is -2.31. The van der Waals surface area contributed by atoms with Gasteiger partial charge in [0.15, 0.2) is 0 Å². The average molecular weight is 283 g/mol. The van der Waals surface area contributed by atoms with Crippen LogP contribution in [0.1, 0.15) is 21.5 Å². The predicted molar refractivity (Wildman–Crippen MR) is 79.0 cm³/mol. The van der Waals surface area contributed by atoms with Crippen LogP contribution >= 0.6 is 0 Å². The van der Waals surface area contributed by atoms with Gasteiger partial charge in [0.1, 0.15) is 12.5 Å². The maximum absolute atomic E-state index is 11.5. The zero-order valence-corrected chi connectivity index (χ0v) is 11.9. The van der Waals surface area contributed by atoms with E-state index in [1.807, 2.05) is 24.3 Å². The summed E-state index contributed by atoms with van der Waals surface area (Å²) in [6.07, 6.45) is 0. The molecule has 0 saturated heterocycles.